The van der Waals surface area contributed by atoms with Crippen molar-refractivity contribution >= 4 is 23.1 Å². The second-order valence-corrected chi connectivity index (χ2v) is 7.00. The fraction of sp³-hybridized carbons (Fsp3) is 0.500. The van der Waals surface area contributed by atoms with Gasteiger partial charge in [-0.1, -0.05) is 6.07 Å². The highest BCUT2D eigenvalue weighted by atomic mass is 32.2. The average Bonchev–Trinajstić information content (AvgIpc) is 3.02. The fourth-order valence-corrected chi connectivity index (χ4v) is 3.63. The summed E-state index contributed by atoms with van der Waals surface area (Å²) in [6, 6.07) is 4.15. The molecule has 0 amide bonds. The highest BCUT2D eigenvalue weighted by molar-refractivity contribution is 7.98. The summed E-state index contributed by atoms with van der Waals surface area (Å²) < 4.78 is 2.01. The Morgan fingerprint density at radius 2 is 2.40 bits per heavy atom. The normalized spacial score (nSPS) is 16.0. The van der Waals surface area contributed by atoms with E-state index in [1.54, 1.807) is 29.3 Å². The van der Waals surface area contributed by atoms with Gasteiger partial charge in [0.25, 0.3) is 0 Å². The molecule has 0 aliphatic carbocycles. The van der Waals surface area contributed by atoms with E-state index < -0.39 is 5.60 Å². The number of aryl methyl sites for hydroxylation is 1. The summed E-state index contributed by atoms with van der Waals surface area (Å²) >= 11 is 3.35. The van der Waals surface area contributed by atoms with Gasteiger partial charge in [-0.25, -0.2) is 4.98 Å². The largest absolute Gasteiger partial charge is 0.388 e. The average molecular weight is 311 g/mol. The predicted octanol–water partition coefficient (Wildman–Crippen LogP) is 2.27. The lowest BCUT2D eigenvalue weighted by molar-refractivity contribution is 0.0825. The molecule has 2 N–H and O–H groups in total. The van der Waals surface area contributed by atoms with Gasteiger partial charge in [0, 0.05) is 36.6 Å². The third-order valence-electron chi connectivity index (χ3n) is 3.09. The number of imidazole rings is 1. The van der Waals surface area contributed by atoms with E-state index in [0.29, 0.717) is 12.3 Å². The number of hydrogen-bond acceptors (Lipinski definition) is 5. The fourth-order valence-electron chi connectivity index (χ4n) is 2.11. The number of nitrogens with zero attached hydrogens (tertiary/aromatic N) is 2. The molecule has 0 bridgehead atoms. The SMILES string of the molecule is CSCC(C)(O)CNC(c1cccs1)c1nccn1C. The van der Waals surface area contributed by atoms with Gasteiger partial charge < -0.3 is 15.0 Å². The van der Waals surface area contributed by atoms with Crippen LogP contribution in [0.4, 0.5) is 0 Å². The molecule has 0 fully saturated rings. The minimum Gasteiger partial charge on any atom is -0.388 e. The molecule has 2 heterocycles. The van der Waals surface area contributed by atoms with Crippen LogP contribution < -0.4 is 5.32 Å². The zero-order valence-corrected chi connectivity index (χ0v) is 13.7. The second kappa shape index (κ2) is 6.76. The van der Waals surface area contributed by atoms with Crippen LogP contribution in [0.3, 0.4) is 0 Å². The molecule has 0 aliphatic heterocycles. The summed E-state index contributed by atoms with van der Waals surface area (Å²) in [5.74, 6) is 1.67. The maximum atomic E-state index is 10.3. The summed E-state index contributed by atoms with van der Waals surface area (Å²) in [6.45, 7) is 2.39. The molecule has 2 aromatic heterocycles. The first kappa shape index (κ1) is 15.6. The summed E-state index contributed by atoms with van der Waals surface area (Å²) in [6.07, 6.45) is 5.75. The molecule has 110 valence electrons. The van der Waals surface area contributed by atoms with Crippen molar-refractivity contribution in [1.29, 1.82) is 0 Å². The number of nitrogens with one attached hydrogen (secondary N) is 1. The van der Waals surface area contributed by atoms with Crippen molar-refractivity contribution in [3.63, 3.8) is 0 Å². The molecule has 2 unspecified atom stereocenters. The van der Waals surface area contributed by atoms with Gasteiger partial charge >= 0.3 is 0 Å². The molecular weight excluding hydrogens is 290 g/mol. The Hall–Kier alpha value is -0.820. The number of hydrogen-bond donors (Lipinski definition) is 2. The standard InChI is InChI=1S/C14H21N3OS2/c1-14(18,10-19-3)9-16-12(11-5-4-8-20-11)13-15-6-7-17(13)2/h4-8,12,16,18H,9-10H2,1-3H3. The van der Waals surface area contributed by atoms with Crippen LogP contribution in [0.2, 0.25) is 0 Å². The first-order chi connectivity index (χ1) is 9.53. The van der Waals surface area contributed by atoms with E-state index >= 15 is 0 Å². The lowest BCUT2D eigenvalue weighted by Gasteiger charge is -2.26. The molecule has 0 radical (unpaired) electrons. The monoisotopic (exact) mass is 311 g/mol. The molecule has 0 saturated heterocycles. The van der Waals surface area contributed by atoms with Crippen LogP contribution in [0.1, 0.15) is 23.7 Å². The van der Waals surface area contributed by atoms with Crippen LogP contribution in [0, 0.1) is 0 Å². The van der Waals surface area contributed by atoms with Gasteiger partial charge in [-0.3, -0.25) is 0 Å². The Morgan fingerprint density at radius 1 is 1.60 bits per heavy atom. The van der Waals surface area contributed by atoms with Crippen molar-refractivity contribution in [1.82, 2.24) is 14.9 Å². The van der Waals surface area contributed by atoms with Crippen molar-refractivity contribution in [2.45, 2.75) is 18.6 Å². The number of thiophene rings is 1. The summed E-state index contributed by atoms with van der Waals surface area (Å²) in [5, 5.41) is 15.8. The quantitative estimate of drug-likeness (QED) is 0.823. The van der Waals surface area contributed by atoms with E-state index in [0.717, 1.165) is 5.82 Å². The first-order valence-corrected chi connectivity index (χ1v) is 8.76. The molecular formula is C14H21N3OS2. The van der Waals surface area contributed by atoms with Gasteiger partial charge in [-0.05, 0) is 24.6 Å². The molecule has 0 aliphatic rings. The van der Waals surface area contributed by atoms with Gasteiger partial charge in [0.2, 0.25) is 0 Å². The lowest BCUT2D eigenvalue weighted by Crippen LogP contribution is -2.42. The number of aromatic nitrogens is 2. The van der Waals surface area contributed by atoms with Crippen LogP contribution in [0.15, 0.2) is 29.9 Å². The van der Waals surface area contributed by atoms with Gasteiger partial charge in [-0.15, -0.1) is 11.3 Å². The molecule has 20 heavy (non-hydrogen) atoms. The van der Waals surface area contributed by atoms with Gasteiger partial charge in [0.1, 0.15) is 11.9 Å². The van der Waals surface area contributed by atoms with Crippen LogP contribution in [0.5, 0.6) is 0 Å². The van der Waals surface area contributed by atoms with E-state index in [4.69, 9.17) is 0 Å². The molecule has 2 rings (SSSR count). The number of rotatable bonds is 7. The Kier molecular flexibility index (Phi) is 5.26. The maximum absolute atomic E-state index is 10.3. The van der Waals surface area contributed by atoms with E-state index in [1.807, 2.05) is 37.1 Å². The van der Waals surface area contributed by atoms with Crippen molar-refractivity contribution in [3.8, 4) is 0 Å². The number of thioether (sulfide) groups is 1. The van der Waals surface area contributed by atoms with Crippen molar-refractivity contribution < 1.29 is 5.11 Å². The van der Waals surface area contributed by atoms with E-state index in [-0.39, 0.29) is 6.04 Å². The van der Waals surface area contributed by atoms with Gasteiger partial charge in [0.05, 0.1) is 5.60 Å². The minimum absolute atomic E-state index is 0.0170. The van der Waals surface area contributed by atoms with Crippen LogP contribution in [-0.2, 0) is 7.05 Å². The van der Waals surface area contributed by atoms with Gasteiger partial charge in [0.15, 0.2) is 0 Å². The lowest BCUT2D eigenvalue weighted by atomic mass is 10.1. The van der Waals surface area contributed by atoms with Crippen molar-refractivity contribution in [3.05, 3.63) is 40.6 Å². The summed E-state index contributed by atoms with van der Waals surface area (Å²) in [7, 11) is 1.99. The summed E-state index contributed by atoms with van der Waals surface area (Å²) in [4.78, 5) is 5.65. The zero-order valence-electron chi connectivity index (χ0n) is 12.0. The maximum Gasteiger partial charge on any atom is 0.131 e. The topological polar surface area (TPSA) is 50.1 Å². The molecule has 4 nitrogen and oxygen atoms in total. The van der Waals surface area contributed by atoms with E-state index in [1.165, 1.54) is 4.88 Å². The second-order valence-electron chi connectivity index (χ2n) is 5.16. The van der Waals surface area contributed by atoms with Crippen molar-refractivity contribution in [2.75, 3.05) is 18.6 Å². The molecule has 2 atom stereocenters. The smallest absolute Gasteiger partial charge is 0.131 e. The first-order valence-electron chi connectivity index (χ1n) is 6.49. The van der Waals surface area contributed by atoms with Crippen LogP contribution in [-0.4, -0.2) is 38.8 Å². The predicted molar refractivity (Wildman–Crippen MR) is 86.4 cm³/mol. The third kappa shape index (κ3) is 3.85. The van der Waals surface area contributed by atoms with Crippen LogP contribution in [0.25, 0.3) is 0 Å². The van der Waals surface area contributed by atoms with E-state index in [2.05, 4.69) is 21.7 Å². The Bertz CT molecular complexity index is 522. The molecule has 6 heteroatoms. The molecule has 0 saturated carbocycles. The Labute approximate surface area is 128 Å². The summed E-state index contributed by atoms with van der Waals surface area (Å²) in [5.41, 5.74) is -0.722. The zero-order chi connectivity index (χ0) is 14.6. The minimum atomic E-state index is -0.722. The number of aliphatic hydroxyl groups is 1. The Balaban J connectivity index is 2.15. The third-order valence-corrected chi connectivity index (χ3v) is 4.93. The van der Waals surface area contributed by atoms with Crippen LogP contribution >= 0.6 is 23.1 Å². The Morgan fingerprint density at radius 3 is 2.95 bits per heavy atom. The highest BCUT2D eigenvalue weighted by Crippen LogP contribution is 2.25. The highest BCUT2D eigenvalue weighted by Gasteiger charge is 2.25. The molecule has 2 aromatic rings. The van der Waals surface area contributed by atoms with Crippen molar-refractivity contribution in [2.24, 2.45) is 7.05 Å². The van der Waals surface area contributed by atoms with E-state index in [9.17, 15) is 5.11 Å². The van der Waals surface area contributed by atoms with Gasteiger partial charge in [-0.2, -0.15) is 11.8 Å². The molecule has 0 aromatic carbocycles. The molecule has 0 spiro atoms.